The van der Waals surface area contributed by atoms with Crippen LogP contribution in [0.1, 0.15) is 30.4 Å². The zero-order chi connectivity index (χ0) is 24.0. The van der Waals surface area contributed by atoms with Gasteiger partial charge >= 0.3 is 0 Å². The molecule has 5 rings (SSSR count). The zero-order valence-electron chi connectivity index (χ0n) is 18.5. The molecule has 0 spiro atoms. The van der Waals surface area contributed by atoms with Crippen LogP contribution in [0.5, 0.6) is 0 Å². The van der Waals surface area contributed by atoms with Gasteiger partial charge < -0.3 is 10.1 Å². The van der Waals surface area contributed by atoms with Crippen molar-refractivity contribution in [2.45, 2.75) is 38.3 Å². The Balaban J connectivity index is 1.53. The first-order valence-corrected chi connectivity index (χ1v) is 14.1. The van der Waals surface area contributed by atoms with Crippen molar-refractivity contribution in [1.82, 2.24) is 14.3 Å². The van der Waals surface area contributed by atoms with E-state index in [-0.39, 0.29) is 39.5 Å². The van der Waals surface area contributed by atoms with Crippen molar-refractivity contribution in [3.8, 4) is 0 Å². The Morgan fingerprint density at radius 3 is 2.88 bits per heavy atom. The lowest BCUT2D eigenvalue weighted by molar-refractivity contribution is -0.123. The number of rotatable bonds is 5. The van der Waals surface area contributed by atoms with Crippen molar-refractivity contribution >= 4 is 61.6 Å². The van der Waals surface area contributed by atoms with E-state index in [4.69, 9.17) is 21.9 Å². The van der Waals surface area contributed by atoms with E-state index in [2.05, 4.69) is 5.32 Å². The van der Waals surface area contributed by atoms with Crippen LogP contribution in [0, 0.1) is 6.92 Å². The molecule has 1 amide bonds. The number of nitrogens with one attached hydrogen (secondary N) is 1. The molecule has 2 unspecified atom stereocenters. The van der Waals surface area contributed by atoms with Gasteiger partial charge in [0.1, 0.15) is 15.8 Å². The molecule has 12 heteroatoms. The van der Waals surface area contributed by atoms with E-state index in [0.717, 1.165) is 30.2 Å². The van der Waals surface area contributed by atoms with Crippen molar-refractivity contribution in [3.05, 3.63) is 44.7 Å². The number of hydrogen-bond acceptors (Lipinski definition) is 9. The van der Waals surface area contributed by atoms with Gasteiger partial charge in [0.25, 0.3) is 11.5 Å². The number of carbonyl (C=O) groups excluding carboxylic acids is 1. The normalized spacial score (nSPS) is 25.7. The minimum absolute atomic E-state index is 0.0347. The quantitative estimate of drug-likeness (QED) is 0.467. The maximum atomic E-state index is 13.5. The number of carbonyl (C=O) groups is 1. The van der Waals surface area contributed by atoms with Crippen LogP contribution < -0.4 is 10.9 Å². The molecule has 0 bridgehead atoms. The Hall–Kier alpha value is -2.28. The number of aromatic nitrogens is 2. The smallest absolute Gasteiger partial charge is 0.267 e. The Labute approximate surface area is 206 Å². The van der Waals surface area contributed by atoms with Gasteiger partial charge in [-0.2, -0.15) is 0 Å². The van der Waals surface area contributed by atoms with Gasteiger partial charge in [0.15, 0.2) is 9.84 Å². The lowest BCUT2D eigenvalue weighted by Gasteiger charge is -2.21. The highest BCUT2D eigenvalue weighted by Crippen LogP contribution is 2.36. The van der Waals surface area contributed by atoms with Gasteiger partial charge in [0.05, 0.1) is 34.1 Å². The third-order valence-electron chi connectivity index (χ3n) is 6.28. The summed E-state index contributed by atoms with van der Waals surface area (Å²) in [5.74, 6) is -0.0553. The van der Waals surface area contributed by atoms with Crippen molar-refractivity contribution in [2.75, 3.05) is 30.0 Å². The Bertz CT molecular complexity index is 1380. The first-order chi connectivity index (χ1) is 16.2. The molecule has 3 saturated heterocycles. The van der Waals surface area contributed by atoms with Gasteiger partial charge in [0.2, 0.25) is 0 Å². The summed E-state index contributed by atoms with van der Waals surface area (Å²) in [6.07, 6.45) is 5.48. The molecule has 3 aliphatic rings. The van der Waals surface area contributed by atoms with Crippen molar-refractivity contribution in [1.29, 1.82) is 0 Å². The molecule has 0 radical (unpaired) electrons. The van der Waals surface area contributed by atoms with E-state index in [0.29, 0.717) is 35.4 Å². The number of pyridine rings is 1. The molecule has 3 fully saturated rings. The fraction of sp³-hybridized carbons (Fsp3) is 0.455. The summed E-state index contributed by atoms with van der Waals surface area (Å²) >= 11 is 6.49. The van der Waals surface area contributed by atoms with Gasteiger partial charge in [-0.05, 0) is 43.9 Å². The monoisotopic (exact) mass is 520 g/mol. The number of thiocarbonyl (C=S) groups is 1. The minimum atomic E-state index is -3.18. The van der Waals surface area contributed by atoms with E-state index in [1.165, 1.54) is 15.4 Å². The number of anilines is 1. The Morgan fingerprint density at radius 2 is 2.18 bits per heavy atom. The second-order valence-electron chi connectivity index (χ2n) is 8.69. The highest BCUT2D eigenvalue weighted by Gasteiger charge is 2.42. The molecule has 0 aliphatic carbocycles. The van der Waals surface area contributed by atoms with Gasteiger partial charge in [-0.1, -0.05) is 30.0 Å². The average Bonchev–Trinajstić information content (AvgIpc) is 3.49. The van der Waals surface area contributed by atoms with Gasteiger partial charge in [0, 0.05) is 19.3 Å². The summed E-state index contributed by atoms with van der Waals surface area (Å²) in [6.45, 7) is 3.09. The maximum absolute atomic E-state index is 13.5. The average molecular weight is 521 g/mol. The fourth-order valence-electron chi connectivity index (χ4n) is 4.50. The summed E-state index contributed by atoms with van der Waals surface area (Å²) < 4.78 is 31.3. The molecule has 5 heterocycles. The van der Waals surface area contributed by atoms with Crippen LogP contribution in [0.2, 0.25) is 0 Å². The van der Waals surface area contributed by atoms with Crippen LogP contribution in [0.4, 0.5) is 5.82 Å². The molecular formula is C22H24N4O5S3. The molecule has 1 N–H and O–H groups in total. The van der Waals surface area contributed by atoms with E-state index < -0.39 is 15.9 Å². The predicted molar refractivity (Wildman–Crippen MR) is 136 cm³/mol. The molecule has 0 saturated carbocycles. The molecule has 2 aromatic rings. The first kappa shape index (κ1) is 23.5. The maximum Gasteiger partial charge on any atom is 0.267 e. The van der Waals surface area contributed by atoms with Crippen molar-refractivity contribution < 1.29 is 17.9 Å². The number of aryl methyl sites for hydroxylation is 1. The second-order valence-corrected chi connectivity index (χ2v) is 12.6. The number of ether oxygens (including phenoxy) is 1. The Morgan fingerprint density at radius 1 is 1.35 bits per heavy atom. The van der Waals surface area contributed by atoms with E-state index in [1.807, 2.05) is 13.0 Å². The van der Waals surface area contributed by atoms with Crippen LogP contribution >= 0.6 is 24.0 Å². The number of hydrogen-bond donors (Lipinski definition) is 1. The van der Waals surface area contributed by atoms with E-state index in [1.54, 1.807) is 12.3 Å². The second kappa shape index (κ2) is 9.06. The molecule has 180 valence electrons. The van der Waals surface area contributed by atoms with Crippen LogP contribution in [0.3, 0.4) is 0 Å². The summed E-state index contributed by atoms with van der Waals surface area (Å²) in [7, 11) is -3.18. The Kier molecular flexibility index (Phi) is 6.25. The largest absolute Gasteiger partial charge is 0.376 e. The predicted octanol–water partition coefficient (Wildman–Crippen LogP) is 1.98. The lowest BCUT2D eigenvalue weighted by Crippen LogP contribution is -2.39. The van der Waals surface area contributed by atoms with Gasteiger partial charge in [-0.15, -0.1) is 0 Å². The van der Waals surface area contributed by atoms with Crippen LogP contribution in [-0.4, -0.2) is 69.7 Å². The summed E-state index contributed by atoms with van der Waals surface area (Å²) in [4.78, 5) is 33.0. The number of amides is 1. The molecule has 2 atom stereocenters. The molecule has 9 nitrogen and oxygen atoms in total. The summed E-state index contributed by atoms with van der Waals surface area (Å²) in [5.41, 5.74) is 1.32. The topological polar surface area (TPSA) is 110 Å². The van der Waals surface area contributed by atoms with Crippen molar-refractivity contribution in [3.63, 3.8) is 0 Å². The van der Waals surface area contributed by atoms with Crippen molar-refractivity contribution in [2.24, 2.45) is 0 Å². The number of sulfone groups is 1. The number of fused-ring (bicyclic) bond motifs is 1. The third kappa shape index (κ3) is 4.39. The summed E-state index contributed by atoms with van der Waals surface area (Å²) in [5, 5.41) is 3.25. The molecule has 34 heavy (non-hydrogen) atoms. The van der Waals surface area contributed by atoms with Crippen LogP contribution in [0.15, 0.2) is 28.0 Å². The molecular weight excluding hydrogens is 496 g/mol. The van der Waals surface area contributed by atoms with Gasteiger partial charge in [-0.3, -0.25) is 18.9 Å². The summed E-state index contributed by atoms with van der Waals surface area (Å²) in [6, 6.07) is 3.18. The van der Waals surface area contributed by atoms with Crippen LogP contribution in [-0.2, 0) is 19.4 Å². The first-order valence-electron chi connectivity index (χ1n) is 11.1. The number of thioether (sulfide) groups is 1. The molecule has 0 aromatic carbocycles. The fourth-order valence-corrected chi connectivity index (χ4v) is 7.58. The third-order valence-corrected chi connectivity index (χ3v) is 9.36. The van der Waals surface area contributed by atoms with Gasteiger partial charge in [-0.25, -0.2) is 13.4 Å². The number of nitrogens with zero attached hydrogens (tertiary/aromatic N) is 3. The highest BCUT2D eigenvalue weighted by atomic mass is 32.2. The van der Waals surface area contributed by atoms with E-state index >= 15 is 0 Å². The van der Waals surface area contributed by atoms with Crippen LogP contribution in [0.25, 0.3) is 11.7 Å². The SMILES string of the molecule is Cc1cccn2c(=O)c(/C=C3/SC(=S)N(C4CCS(=O)(=O)C4)C3=O)c(NCC3CCCO3)nc12. The van der Waals surface area contributed by atoms with E-state index in [9.17, 15) is 18.0 Å². The lowest BCUT2D eigenvalue weighted by atomic mass is 10.2. The highest BCUT2D eigenvalue weighted by molar-refractivity contribution is 8.26. The molecule has 2 aromatic heterocycles. The minimum Gasteiger partial charge on any atom is -0.376 e. The standard InChI is InChI=1S/C22H24N4O5S3/c1-13-4-2-7-25-19(13)24-18(23-11-15-5-3-8-31-15)16(20(25)27)10-17-21(28)26(22(32)33-17)14-6-9-34(29,30)12-14/h2,4,7,10,14-15,23H,3,5-6,8-9,11-12H2,1H3/b17-10+. The molecule has 3 aliphatic heterocycles. The zero-order valence-corrected chi connectivity index (χ0v) is 21.0.